The van der Waals surface area contributed by atoms with Gasteiger partial charge in [0.1, 0.15) is 6.07 Å². The number of rotatable bonds is 2. The Kier molecular flexibility index (Phi) is 3.30. The van der Waals surface area contributed by atoms with E-state index in [0.717, 1.165) is 0 Å². The fraction of sp³-hybridized carbons (Fsp3) is 0.0769. The number of nitriles is 1. The predicted molar refractivity (Wildman–Crippen MR) is 63.5 cm³/mol. The minimum atomic E-state index is -0.412. The zero-order valence-electron chi connectivity index (χ0n) is 9.62. The van der Waals surface area contributed by atoms with Crippen LogP contribution in [0.1, 0.15) is 15.9 Å². The maximum Gasteiger partial charge on any atom is 0.337 e. The number of ether oxygens (including phenoxy) is 1. The molecule has 0 bridgehead atoms. The number of methoxy groups -OCH3 is 1. The monoisotopic (exact) mass is 239 g/mol. The van der Waals surface area contributed by atoms with Crippen molar-refractivity contribution in [3.63, 3.8) is 0 Å². The van der Waals surface area contributed by atoms with Gasteiger partial charge in [0.15, 0.2) is 5.82 Å². The molecule has 0 aliphatic carbocycles. The summed E-state index contributed by atoms with van der Waals surface area (Å²) in [4.78, 5) is 19.5. The summed E-state index contributed by atoms with van der Waals surface area (Å²) in [6.45, 7) is 0. The minimum Gasteiger partial charge on any atom is -0.465 e. The summed E-state index contributed by atoms with van der Waals surface area (Å²) >= 11 is 0. The number of hydrogen-bond acceptors (Lipinski definition) is 5. The zero-order valence-corrected chi connectivity index (χ0v) is 9.62. The van der Waals surface area contributed by atoms with Gasteiger partial charge < -0.3 is 4.74 Å². The summed E-state index contributed by atoms with van der Waals surface area (Å²) in [5, 5.41) is 8.66. The SMILES string of the molecule is COC(=O)c1cccc(-c2ncc(C#N)cn2)c1. The van der Waals surface area contributed by atoms with Crippen LogP contribution in [0.4, 0.5) is 0 Å². The number of hydrogen-bond donors (Lipinski definition) is 0. The van der Waals surface area contributed by atoms with E-state index in [4.69, 9.17) is 5.26 Å². The maximum atomic E-state index is 11.4. The molecule has 0 amide bonds. The second kappa shape index (κ2) is 5.06. The topological polar surface area (TPSA) is 75.9 Å². The van der Waals surface area contributed by atoms with Gasteiger partial charge in [-0.25, -0.2) is 14.8 Å². The molecule has 0 fully saturated rings. The first kappa shape index (κ1) is 11.7. The molecule has 5 nitrogen and oxygen atoms in total. The van der Waals surface area contributed by atoms with E-state index in [2.05, 4.69) is 14.7 Å². The Morgan fingerprint density at radius 2 is 2.06 bits per heavy atom. The van der Waals surface area contributed by atoms with Crippen LogP contribution >= 0.6 is 0 Å². The molecule has 2 rings (SSSR count). The summed E-state index contributed by atoms with van der Waals surface area (Å²) in [5.74, 6) is 0.0465. The van der Waals surface area contributed by atoms with Gasteiger partial charge in [-0.1, -0.05) is 12.1 Å². The zero-order chi connectivity index (χ0) is 13.0. The van der Waals surface area contributed by atoms with Crippen LogP contribution in [0.3, 0.4) is 0 Å². The Morgan fingerprint density at radius 1 is 1.33 bits per heavy atom. The van der Waals surface area contributed by atoms with Gasteiger partial charge in [-0.15, -0.1) is 0 Å². The Hall–Kier alpha value is -2.74. The fourth-order valence-corrected chi connectivity index (χ4v) is 1.44. The van der Waals surface area contributed by atoms with E-state index in [9.17, 15) is 4.79 Å². The molecule has 0 unspecified atom stereocenters. The molecule has 0 radical (unpaired) electrons. The van der Waals surface area contributed by atoms with Crippen molar-refractivity contribution in [2.24, 2.45) is 0 Å². The average Bonchev–Trinajstić information content (AvgIpc) is 2.46. The molecule has 0 aliphatic heterocycles. The van der Waals surface area contributed by atoms with Gasteiger partial charge in [0, 0.05) is 18.0 Å². The summed E-state index contributed by atoms with van der Waals surface area (Å²) in [6, 6.07) is 8.75. The highest BCUT2D eigenvalue weighted by molar-refractivity contribution is 5.90. The number of aromatic nitrogens is 2. The van der Waals surface area contributed by atoms with Gasteiger partial charge in [-0.3, -0.25) is 0 Å². The van der Waals surface area contributed by atoms with Crippen LogP contribution in [0.25, 0.3) is 11.4 Å². The summed E-state index contributed by atoms with van der Waals surface area (Å²) in [5.41, 5.74) is 1.52. The maximum absolute atomic E-state index is 11.4. The molecule has 88 valence electrons. The molecule has 0 atom stereocenters. The molecule has 0 aliphatic rings. The summed E-state index contributed by atoms with van der Waals surface area (Å²) in [7, 11) is 1.33. The number of carbonyl (C=O) groups excluding carboxylic acids is 1. The van der Waals surface area contributed by atoms with E-state index in [-0.39, 0.29) is 0 Å². The van der Waals surface area contributed by atoms with Gasteiger partial charge in [0.05, 0.1) is 18.2 Å². The second-order valence-electron chi connectivity index (χ2n) is 3.48. The molecule has 18 heavy (non-hydrogen) atoms. The third-order valence-electron chi connectivity index (χ3n) is 2.32. The van der Waals surface area contributed by atoms with Crippen LogP contribution in [0.15, 0.2) is 36.7 Å². The lowest BCUT2D eigenvalue weighted by Crippen LogP contribution is -2.01. The highest BCUT2D eigenvalue weighted by atomic mass is 16.5. The highest BCUT2D eigenvalue weighted by Gasteiger charge is 2.08. The van der Waals surface area contributed by atoms with Gasteiger partial charge >= 0.3 is 5.97 Å². The van der Waals surface area contributed by atoms with Crippen molar-refractivity contribution in [2.45, 2.75) is 0 Å². The largest absolute Gasteiger partial charge is 0.465 e. The van der Waals surface area contributed by atoms with E-state index in [1.54, 1.807) is 24.3 Å². The number of carbonyl (C=O) groups is 1. The highest BCUT2D eigenvalue weighted by Crippen LogP contribution is 2.16. The van der Waals surface area contributed by atoms with Gasteiger partial charge in [-0.2, -0.15) is 5.26 Å². The molecule has 0 saturated heterocycles. The molecular weight excluding hydrogens is 230 g/mol. The smallest absolute Gasteiger partial charge is 0.337 e. The van der Waals surface area contributed by atoms with Crippen molar-refractivity contribution in [1.82, 2.24) is 9.97 Å². The minimum absolute atomic E-state index is 0.392. The average molecular weight is 239 g/mol. The molecule has 0 saturated carbocycles. The first-order valence-electron chi connectivity index (χ1n) is 5.15. The van der Waals surface area contributed by atoms with Crippen LogP contribution in [0, 0.1) is 11.3 Å². The van der Waals surface area contributed by atoms with Crippen molar-refractivity contribution in [3.8, 4) is 17.5 Å². The Morgan fingerprint density at radius 3 is 2.67 bits per heavy atom. The Balaban J connectivity index is 2.38. The van der Waals surface area contributed by atoms with E-state index in [1.165, 1.54) is 19.5 Å². The van der Waals surface area contributed by atoms with Crippen LogP contribution in [-0.4, -0.2) is 23.0 Å². The molecule has 1 aromatic carbocycles. The standard InChI is InChI=1S/C13H9N3O2/c1-18-13(17)11-4-2-3-10(5-11)12-15-7-9(6-14)8-16-12/h2-5,7-8H,1H3. The van der Waals surface area contributed by atoms with Crippen molar-refractivity contribution < 1.29 is 9.53 Å². The molecule has 2 aromatic rings. The van der Waals surface area contributed by atoms with Crippen LogP contribution in [0.5, 0.6) is 0 Å². The van der Waals surface area contributed by atoms with Crippen LogP contribution in [-0.2, 0) is 4.74 Å². The normalized spacial score (nSPS) is 9.56. The van der Waals surface area contributed by atoms with E-state index >= 15 is 0 Å². The van der Waals surface area contributed by atoms with E-state index in [0.29, 0.717) is 22.5 Å². The molecular formula is C13H9N3O2. The number of esters is 1. The van der Waals surface area contributed by atoms with E-state index < -0.39 is 5.97 Å². The molecule has 0 N–H and O–H groups in total. The van der Waals surface area contributed by atoms with Crippen LogP contribution < -0.4 is 0 Å². The van der Waals surface area contributed by atoms with Crippen molar-refractivity contribution >= 4 is 5.97 Å². The molecule has 0 spiro atoms. The number of nitrogens with zero attached hydrogens (tertiary/aromatic N) is 3. The molecule has 1 aromatic heterocycles. The lowest BCUT2D eigenvalue weighted by molar-refractivity contribution is 0.0601. The van der Waals surface area contributed by atoms with Crippen molar-refractivity contribution in [1.29, 1.82) is 5.26 Å². The Labute approximate surface area is 104 Å². The first-order valence-corrected chi connectivity index (χ1v) is 5.15. The third-order valence-corrected chi connectivity index (χ3v) is 2.32. The van der Waals surface area contributed by atoms with Crippen molar-refractivity contribution in [3.05, 3.63) is 47.8 Å². The third kappa shape index (κ3) is 2.33. The van der Waals surface area contributed by atoms with E-state index in [1.807, 2.05) is 6.07 Å². The molecule has 1 heterocycles. The van der Waals surface area contributed by atoms with Gasteiger partial charge in [0.25, 0.3) is 0 Å². The van der Waals surface area contributed by atoms with Crippen molar-refractivity contribution in [2.75, 3.05) is 7.11 Å². The second-order valence-corrected chi connectivity index (χ2v) is 3.48. The van der Waals surface area contributed by atoms with Crippen LogP contribution in [0.2, 0.25) is 0 Å². The summed E-state index contributed by atoms with van der Waals surface area (Å²) < 4.78 is 4.64. The van der Waals surface area contributed by atoms with Gasteiger partial charge in [0.2, 0.25) is 0 Å². The summed E-state index contributed by atoms with van der Waals surface area (Å²) in [6.07, 6.45) is 2.88. The fourth-order valence-electron chi connectivity index (χ4n) is 1.44. The predicted octanol–water partition coefficient (Wildman–Crippen LogP) is 1.80. The lowest BCUT2D eigenvalue weighted by Gasteiger charge is -2.02. The lowest BCUT2D eigenvalue weighted by atomic mass is 10.1. The molecule has 5 heteroatoms. The number of benzene rings is 1. The first-order chi connectivity index (χ1) is 8.74. The van der Waals surface area contributed by atoms with Gasteiger partial charge in [-0.05, 0) is 12.1 Å². The Bertz CT molecular complexity index is 615. The quantitative estimate of drug-likeness (QED) is 0.747.